The van der Waals surface area contributed by atoms with Gasteiger partial charge in [0.15, 0.2) is 0 Å². The molecule has 5 nitrogen and oxygen atoms in total. The third-order valence-electron chi connectivity index (χ3n) is 3.01. The maximum atomic E-state index is 11.6. The number of aromatic carboxylic acids is 1. The quantitative estimate of drug-likeness (QED) is 0.845. The summed E-state index contributed by atoms with van der Waals surface area (Å²) in [5.41, 5.74) is -0.00108. The van der Waals surface area contributed by atoms with E-state index in [1.807, 2.05) is 6.92 Å². The van der Waals surface area contributed by atoms with Crippen LogP contribution in [0.1, 0.15) is 30.1 Å². The Morgan fingerprint density at radius 2 is 2.20 bits per heavy atom. The minimum Gasteiger partial charge on any atom is -0.491 e. The predicted molar refractivity (Wildman–Crippen MR) is 74.2 cm³/mol. The summed E-state index contributed by atoms with van der Waals surface area (Å²) in [7, 11) is 0. The van der Waals surface area contributed by atoms with E-state index in [1.165, 1.54) is 12.1 Å². The number of carbonyl (C=O) groups excluding carboxylic acids is 1. The molecule has 0 heterocycles. The number of ether oxygens (including phenoxy) is 1. The molecule has 1 saturated carbocycles. The summed E-state index contributed by atoms with van der Waals surface area (Å²) in [5.74, 6) is -0.468. The van der Waals surface area contributed by atoms with Crippen molar-refractivity contribution in [3.63, 3.8) is 0 Å². The van der Waals surface area contributed by atoms with Crippen LogP contribution in [-0.4, -0.2) is 29.6 Å². The molecule has 0 saturated heterocycles. The fourth-order valence-electron chi connectivity index (χ4n) is 1.73. The molecule has 0 bridgehead atoms. The van der Waals surface area contributed by atoms with E-state index in [9.17, 15) is 9.59 Å². The van der Waals surface area contributed by atoms with Gasteiger partial charge in [-0.3, -0.25) is 4.79 Å². The largest absolute Gasteiger partial charge is 0.491 e. The zero-order valence-electron chi connectivity index (χ0n) is 11.1. The van der Waals surface area contributed by atoms with Crippen LogP contribution < -0.4 is 10.1 Å². The first kappa shape index (κ1) is 14.7. The maximum Gasteiger partial charge on any atom is 0.337 e. The molecular weight excluding hydrogens is 282 g/mol. The Balaban J connectivity index is 1.88. The van der Waals surface area contributed by atoms with Crippen LogP contribution in [0.3, 0.4) is 0 Å². The molecule has 1 aromatic rings. The lowest BCUT2D eigenvalue weighted by Crippen LogP contribution is -2.37. The summed E-state index contributed by atoms with van der Waals surface area (Å²) in [5, 5.41) is 12.0. The number of amides is 1. The lowest BCUT2D eigenvalue weighted by atomic mass is 10.2. The Morgan fingerprint density at radius 3 is 2.80 bits per heavy atom. The van der Waals surface area contributed by atoms with E-state index < -0.39 is 5.97 Å². The number of hydrogen-bond donors (Lipinski definition) is 2. The SMILES string of the molecule is CC(COc1ccc(Cl)c(C(=O)O)c1)NC(=O)C1CC1. The highest BCUT2D eigenvalue weighted by atomic mass is 35.5. The van der Waals surface area contributed by atoms with Gasteiger partial charge in [0.2, 0.25) is 5.91 Å². The van der Waals surface area contributed by atoms with Crippen LogP contribution in [0.2, 0.25) is 5.02 Å². The highest BCUT2D eigenvalue weighted by Crippen LogP contribution is 2.29. The molecular formula is C14H16ClNO4. The lowest BCUT2D eigenvalue weighted by molar-refractivity contribution is -0.123. The maximum absolute atomic E-state index is 11.6. The van der Waals surface area contributed by atoms with Crippen molar-refractivity contribution in [2.45, 2.75) is 25.8 Å². The number of carboxylic acid groups (broad SMARTS) is 1. The van der Waals surface area contributed by atoms with Crippen molar-refractivity contribution in [2.24, 2.45) is 5.92 Å². The van der Waals surface area contributed by atoms with E-state index in [-0.39, 0.29) is 35.1 Å². The van der Waals surface area contributed by atoms with Crippen LogP contribution in [0.4, 0.5) is 0 Å². The van der Waals surface area contributed by atoms with Crippen LogP contribution in [0.5, 0.6) is 5.75 Å². The van der Waals surface area contributed by atoms with Gasteiger partial charge in [0.1, 0.15) is 12.4 Å². The Kier molecular flexibility index (Phi) is 4.49. The molecule has 20 heavy (non-hydrogen) atoms. The molecule has 0 aliphatic heterocycles. The van der Waals surface area contributed by atoms with Gasteiger partial charge in [-0.25, -0.2) is 4.79 Å². The highest BCUT2D eigenvalue weighted by molar-refractivity contribution is 6.33. The number of rotatable bonds is 6. The van der Waals surface area contributed by atoms with Crippen LogP contribution in [0.15, 0.2) is 18.2 Å². The molecule has 0 radical (unpaired) electrons. The van der Waals surface area contributed by atoms with Crippen molar-refractivity contribution in [1.82, 2.24) is 5.32 Å². The Bertz CT molecular complexity index is 528. The summed E-state index contributed by atoms with van der Waals surface area (Å²) in [4.78, 5) is 22.5. The summed E-state index contributed by atoms with van der Waals surface area (Å²) in [6, 6.07) is 4.32. The zero-order valence-corrected chi connectivity index (χ0v) is 11.8. The van der Waals surface area contributed by atoms with Crippen LogP contribution in [0.25, 0.3) is 0 Å². The Morgan fingerprint density at radius 1 is 1.50 bits per heavy atom. The van der Waals surface area contributed by atoms with E-state index in [0.717, 1.165) is 12.8 Å². The molecule has 108 valence electrons. The molecule has 2 rings (SSSR count). The zero-order chi connectivity index (χ0) is 14.7. The van der Waals surface area contributed by atoms with E-state index in [0.29, 0.717) is 5.75 Å². The molecule has 1 aliphatic rings. The molecule has 1 unspecified atom stereocenters. The third kappa shape index (κ3) is 3.87. The normalized spacial score (nSPS) is 15.5. The van der Waals surface area contributed by atoms with Gasteiger partial charge >= 0.3 is 5.97 Å². The highest BCUT2D eigenvalue weighted by Gasteiger charge is 2.30. The molecule has 6 heteroatoms. The second kappa shape index (κ2) is 6.13. The molecule has 0 aromatic heterocycles. The number of carboxylic acids is 1. The van der Waals surface area contributed by atoms with Crippen molar-refractivity contribution < 1.29 is 19.4 Å². The molecule has 1 amide bonds. The van der Waals surface area contributed by atoms with Crippen LogP contribution in [-0.2, 0) is 4.79 Å². The van der Waals surface area contributed by atoms with Crippen molar-refractivity contribution in [3.8, 4) is 5.75 Å². The average molecular weight is 298 g/mol. The number of carbonyl (C=O) groups is 2. The Hall–Kier alpha value is -1.75. The van der Waals surface area contributed by atoms with Gasteiger partial charge in [-0.05, 0) is 38.0 Å². The van der Waals surface area contributed by atoms with E-state index in [4.69, 9.17) is 21.4 Å². The summed E-state index contributed by atoms with van der Waals surface area (Å²) < 4.78 is 5.48. The van der Waals surface area contributed by atoms with E-state index in [1.54, 1.807) is 6.07 Å². The standard InChI is InChI=1S/C14H16ClNO4/c1-8(16-13(17)9-2-3-9)7-20-10-4-5-12(15)11(6-10)14(18)19/h4-6,8-9H,2-3,7H2,1H3,(H,16,17)(H,18,19). The monoisotopic (exact) mass is 297 g/mol. The first-order valence-electron chi connectivity index (χ1n) is 6.43. The number of hydrogen-bond acceptors (Lipinski definition) is 3. The summed E-state index contributed by atoms with van der Waals surface area (Å²) in [6.45, 7) is 2.12. The summed E-state index contributed by atoms with van der Waals surface area (Å²) >= 11 is 5.77. The minimum atomic E-state index is -1.10. The Labute approximate surface area is 121 Å². The predicted octanol–water partition coefficient (Wildman–Crippen LogP) is 2.33. The van der Waals surface area contributed by atoms with Gasteiger partial charge in [-0.1, -0.05) is 11.6 Å². The lowest BCUT2D eigenvalue weighted by Gasteiger charge is -2.15. The molecule has 1 aromatic carbocycles. The second-order valence-corrected chi connectivity index (χ2v) is 5.35. The van der Waals surface area contributed by atoms with Gasteiger partial charge in [0, 0.05) is 5.92 Å². The van der Waals surface area contributed by atoms with Gasteiger partial charge in [0.05, 0.1) is 16.6 Å². The second-order valence-electron chi connectivity index (χ2n) is 4.94. The third-order valence-corrected chi connectivity index (χ3v) is 3.33. The first-order chi connectivity index (χ1) is 9.47. The average Bonchev–Trinajstić information content (AvgIpc) is 3.21. The van der Waals surface area contributed by atoms with E-state index >= 15 is 0 Å². The van der Waals surface area contributed by atoms with Crippen molar-refractivity contribution >= 4 is 23.5 Å². The molecule has 1 aliphatic carbocycles. The molecule has 2 N–H and O–H groups in total. The van der Waals surface area contributed by atoms with Gasteiger partial charge in [0.25, 0.3) is 0 Å². The van der Waals surface area contributed by atoms with Crippen molar-refractivity contribution in [2.75, 3.05) is 6.61 Å². The molecule has 0 spiro atoms. The number of benzene rings is 1. The topological polar surface area (TPSA) is 75.6 Å². The minimum absolute atomic E-state index is 0.00108. The summed E-state index contributed by atoms with van der Waals surface area (Å²) in [6.07, 6.45) is 1.91. The fraction of sp³-hybridized carbons (Fsp3) is 0.429. The molecule has 1 atom stereocenters. The van der Waals surface area contributed by atoms with Gasteiger partial charge in [-0.2, -0.15) is 0 Å². The first-order valence-corrected chi connectivity index (χ1v) is 6.81. The number of halogens is 1. The van der Waals surface area contributed by atoms with Crippen LogP contribution >= 0.6 is 11.6 Å². The smallest absolute Gasteiger partial charge is 0.337 e. The van der Waals surface area contributed by atoms with Crippen molar-refractivity contribution in [3.05, 3.63) is 28.8 Å². The van der Waals surface area contributed by atoms with Gasteiger partial charge < -0.3 is 15.2 Å². The van der Waals surface area contributed by atoms with E-state index in [2.05, 4.69) is 5.32 Å². The van der Waals surface area contributed by atoms with Crippen molar-refractivity contribution in [1.29, 1.82) is 0 Å². The molecule has 1 fully saturated rings. The number of nitrogens with one attached hydrogen (secondary N) is 1. The van der Waals surface area contributed by atoms with Gasteiger partial charge in [-0.15, -0.1) is 0 Å². The fourth-order valence-corrected chi connectivity index (χ4v) is 1.93. The van der Waals surface area contributed by atoms with Crippen LogP contribution in [0, 0.1) is 5.92 Å².